The molecule has 1 aliphatic rings. The lowest BCUT2D eigenvalue weighted by atomic mass is 10.2. The highest BCUT2D eigenvalue weighted by Gasteiger charge is 2.28. The molecule has 2 aromatic rings. The van der Waals surface area contributed by atoms with E-state index < -0.39 is 0 Å². The van der Waals surface area contributed by atoms with Gasteiger partial charge in [-0.3, -0.25) is 9.63 Å². The van der Waals surface area contributed by atoms with Crippen LogP contribution in [0.1, 0.15) is 10.4 Å². The third kappa shape index (κ3) is 1.95. The van der Waals surface area contributed by atoms with E-state index in [2.05, 4.69) is 0 Å². The maximum atomic E-state index is 12.4. The van der Waals surface area contributed by atoms with Crippen LogP contribution < -0.4 is 9.80 Å². The highest BCUT2D eigenvalue weighted by molar-refractivity contribution is 6.31. The number of fused-ring (bicyclic) bond motifs is 2. The van der Waals surface area contributed by atoms with Gasteiger partial charge in [0.05, 0.1) is 12.7 Å². The molecule has 1 amide bonds. The Balaban J connectivity index is 2.23. The van der Waals surface area contributed by atoms with Crippen molar-refractivity contribution in [2.24, 2.45) is 0 Å². The van der Waals surface area contributed by atoms with Gasteiger partial charge in [-0.15, -0.1) is 0 Å². The summed E-state index contributed by atoms with van der Waals surface area (Å²) in [5, 5.41) is 1.71. The van der Waals surface area contributed by atoms with Crippen LogP contribution in [0.25, 0.3) is 0 Å². The number of hydroxylamine groups is 1. The van der Waals surface area contributed by atoms with E-state index in [1.54, 1.807) is 30.3 Å². The van der Waals surface area contributed by atoms with Gasteiger partial charge in [0.25, 0.3) is 5.91 Å². The number of hydrogen-bond donors (Lipinski definition) is 0. The van der Waals surface area contributed by atoms with E-state index in [1.807, 2.05) is 12.1 Å². The second kappa shape index (κ2) is 4.57. The minimum Gasteiger partial charge on any atom is -0.454 e. The van der Waals surface area contributed by atoms with Crippen LogP contribution in [0.4, 0.5) is 5.69 Å². The summed E-state index contributed by atoms with van der Waals surface area (Å²) >= 11 is 5.94. The summed E-state index contributed by atoms with van der Waals surface area (Å²) in [5.41, 5.74) is 0.963. The molecule has 96 valence electrons. The SMILES string of the molecule is CON1C(=O)c2ccc(Cl)cc2Oc2ccccc21. The molecule has 2 aromatic carbocycles. The van der Waals surface area contributed by atoms with Gasteiger partial charge < -0.3 is 4.74 Å². The summed E-state index contributed by atoms with van der Waals surface area (Å²) in [6, 6.07) is 12.0. The van der Waals surface area contributed by atoms with Crippen LogP contribution in [0.5, 0.6) is 11.5 Å². The highest BCUT2D eigenvalue weighted by Crippen LogP contribution is 2.39. The van der Waals surface area contributed by atoms with Gasteiger partial charge in [0.15, 0.2) is 5.75 Å². The molecule has 3 rings (SSSR count). The van der Waals surface area contributed by atoms with Crippen molar-refractivity contribution in [1.82, 2.24) is 0 Å². The van der Waals surface area contributed by atoms with Crippen LogP contribution in [-0.4, -0.2) is 13.0 Å². The molecule has 0 saturated carbocycles. The largest absolute Gasteiger partial charge is 0.454 e. The number of anilines is 1. The Hall–Kier alpha value is -2.04. The molecule has 1 heterocycles. The van der Waals surface area contributed by atoms with E-state index in [-0.39, 0.29) is 5.91 Å². The van der Waals surface area contributed by atoms with Crippen LogP contribution in [0.2, 0.25) is 5.02 Å². The lowest BCUT2D eigenvalue weighted by Gasteiger charge is -2.18. The molecule has 0 aromatic heterocycles. The Kier molecular flexibility index (Phi) is 2.89. The third-order valence-corrected chi connectivity index (χ3v) is 3.08. The summed E-state index contributed by atoms with van der Waals surface area (Å²) in [4.78, 5) is 17.6. The van der Waals surface area contributed by atoms with Crippen LogP contribution in [0.15, 0.2) is 42.5 Å². The number of ether oxygens (including phenoxy) is 1. The molecule has 5 heteroatoms. The fraction of sp³-hybridized carbons (Fsp3) is 0.0714. The van der Waals surface area contributed by atoms with E-state index in [4.69, 9.17) is 21.2 Å². The Morgan fingerprint density at radius 1 is 1.16 bits per heavy atom. The number of carbonyl (C=O) groups is 1. The van der Waals surface area contributed by atoms with Gasteiger partial charge in [0.1, 0.15) is 11.4 Å². The molecule has 0 radical (unpaired) electrons. The van der Waals surface area contributed by atoms with Gasteiger partial charge in [-0.05, 0) is 24.3 Å². The number of hydrogen-bond acceptors (Lipinski definition) is 3. The maximum Gasteiger partial charge on any atom is 0.286 e. The van der Waals surface area contributed by atoms with Gasteiger partial charge in [0, 0.05) is 11.1 Å². The smallest absolute Gasteiger partial charge is 0.286 e. The first-order chi connectivity index (χ1) is 9.20. The van der Waals surface area contributed by atoms with E-state index in [0.29, 0.717) is 27.8 Å². The zero-order valence-electron chi connectivity index (χ0n) is 10.1. The monoisotopic (exact) mass is 275 g/mol. The zero-order chi connectivity index (χ0) is 13.4. The molecular weight excluding hydrogens is 266 g/mol. The summed E-state index contributed by atoms with van der Waals surface area (Å²) in [5.74, 6) is 0.669. The maximum absolute atomic E-state index is 12.4. The molecule has 4 nitrogen and oxygen atoms in total. The minimum atomic E-state index is -0.292. The van der Waals surface area contributed by atoms with Gasteiger partial charge in [-0.1, -0.05) is 23.7 Å². The lowest BCUT2D eigenvalue weighted by molar-refractivity contribution is 0.0775. The van der Waals surface area contributed by atoms with E-state index in [1.165, 1.54) is 12.2 Å². The van der Waals surface area contributed by atoms with E-state index >= 15 is 0 Å². The third-order valence-electron chi connectivity index (χ3n) is 2.85. The topological polar surface area (TPSA) is 38.8 Å². The Morgan fingerprint density at radius 3 is 2.74 bits per heavy atom. The average molecular weight is 276 g/mol. The number of halogens is 1. The van der Waals surface area contributed by atoms with Crippen molar-refractivity contribution in [3.8, 4) is 11.5 Å². The quantitative estimate of drug-likeness (QED) is 0.797. The summed E-state index contributed by atoms with van der Waals surface area (Å²) in [7, 11) is 1.44. The lowest BCUT2D eigenvalue weighted by Crippen LogP contribution is -2.28. The van der Waals surface area contributed by atoms with Crippen LogP contribution in [0, 0.1) is 0 Å². The Labute approximate surface area is 115 Å². The van der Waals surface area contributed by atoms with Crippen molar-refractivity contribution in [3.63, 3.8) is 0 Å². The number of para-hydroxylation sites is 2. The summed E-state index contributed by atoms with van der Waals surface area (Å²) in [6.45, 7) is 0. The van der Waals surface area contributed by atoms with Crippen molar-refractivity contribution < 1.29 is 14.4 Å². The van der Waals surface area contributed by atoms with Crippen LogP contribution in [-0.2, 0) is 4.84 Å². The molecule has 0 saturated heterocycles. The van der Waals surface area contributed by atoms with Crippen molar-refractivity contribution >= 4 is 23.2 Å². The van der Waals surface area contributed by atoms with Crippen LogP contribution >= 0.6 is 11.6 Å². The first-order valence-electron chi connectivity index (χ1n) is 5.65. The number of nitrogens with zero attached hydrogens (tertiary/aromatic N) is 1. The first-order valence-corrected chi connectivity index (χ1v) is 6.03. The average Bonchev–Trinajstić information content (AvgIpc) is 2.52. The van der Waals surface area contributed by atoms with Gasteiger partial charge in [-0.25, -0.2) is 0 Å². The molecule has 0 spiro atoms. The zero-order valence-corrected chi connectivity index (χ0v) is 10.8. The molecule has 19 heavy (non-hydrogen) atoms. The predicted octanol–water partition coefficient (Wildman–Crippen LogP) is 3.65. The molecule has 0 aliphatic carbocycles. The Morgan fingerprint density at radius 2 is 1.95 bits per heavy atom. The Bertz CT molecular complexity index is 657. The summed E-state index contributed by atoms with van der Waals surface area (Å²) in [6.07, 6.45) is 0. The number of rotatable bonds is 1. The first kappa shape index (κ1) is 12.0. The predicted molar refractivity (Wildman–Crippen MR) is 71.8 cm³/mol. The standard InChI is InChI=1S/C14H10ClNO3/c1-18-16-11-4-2-3-5-12(11)19-13-8-9(15)6-7-10(13)14(16)17/h2-8H,1H3. The van der Waals surface area contributed by atoms with Gasteiger partial charge in [0.2, 0.25) is 0 Å². The highest BCUT2D eigenvalue weighted by atomic mass is 35.5. The normalized spacial score (nSPS) is 13.4. The van der Waals surface area contributed by atoms with E-state index in [0.717, 1.165) is 0 Å². The van der Waals surface area contributed by atoms with Crippen molar-refractivity contribution in [2.45, 2.75) is 0 Å². The number of carbonyl (C=O) groups excluding carboxylic acids is 1. The van der Waals surface area contributed by atoms with E-state index in [9.17, 15) is 4.79 Å². The molecule has 1 aliphatic heterocycles. The molecule has 0 atom stereocenters. The number of amides is 1. The number of benzene rings is 2. The summed E-state index contributed by atoms with van der Waals surface area (Å²) < 4.78 is 5.76. The molecular formula is C14H10ClNO3. The molecule has 0 N–H and O–H groups in total. The van der Waals surface area contributed by atoms with Crippen molar-refractivity contribution in [3.05, 3.63) is 53.1 Å². The molecule has 0 unspecified atom stereocenters. The molecule has 0 fully saturated rings. The van der Waals surface area contributed by atoms with Crippen molar-refractivity contribution in [2.75, 3.05) is 12.2 Å². The second-order valence-corrected chi connectivity index (χ2v) is 4.43. The second-order valence-electron chi connectivity index (χ2n) is 3.99. The van der Waals surface area contributed by atoms with Gasteiger partial charge in [-0.2, -0.15) is 5.06 Å². The van der Waals surface area contributed by atoms with Crippen molar-refractivity contribution in [1.29, 1.82) is 0 Å². The minimum absolute atomic E-state index is 0.292. The molecule has 0 bridgehead atoms. The van der Waals surface area contributed by atoms with Gasteiger partial charge >= 0.3 is 0 Å². The van der Waals surface area contributed by atoms with Crippen LogP contribution in [0.3, 0.4) is 0 Å². The fourth-order valence-corrected chi connectivity index (χ4v) is 2.15. The fourth-order valence-electron chi connectivity index (χ4n) is 1.99.